The monoisotopic (exact) mass is 469 g/mol. The summed E-state index contributed by atoms with van der Waals surface area (Å²) in [6.07, 6.45) is 3.10. The summed E-state index contributed by atoms with van der Waals surface area (Å²) >= 11 is 0. The number of carboxylic acid groups (broad SMARTS) is 1. The topological polar surface area (TPSA) is 75.6 Å². The summed E-state index contributed by atoms with van der Waals surface area (Å²) in [6, 6.07) is 25.8. The number of carbonyl (C=O) groups is 2. The number of amides is 1. The number of hydrogen-bond acceptors (Lipinski definition) is 3. The molecule has 6 heteroatoms. The van der Waals surface area contributed by atoms with E-state index in [2.05, 4.69) is 5.32 Å². The Hall–Kier alpha value is -4.45. The molecule has 0 fully saturated rings. The molecule has 1 amide bonds. The Bertz CT molecular complexity index is 1370. The second kappa shape index (κ2) is 11.1. The van der Waals surface area contributed by atoms with Gasteiger partial charge in [-0.2, -0.15) is 0 Å². The Kier molecular flexibility index (Phi) is 7.53. The van der Waals surface area contributed by atoms with E-state index >= 15 is 0 Å². The molecule has 0 bridgehead atoms. The van der Waals surface area contributed by atoms with E-state index in [4.69, 9.17) is 4.74 Å². The number of hydrogen-bond donors (Lipinski definition) is 2. The minimum absolute atomic E-state index is 0.120. The number of carboxylic acids is 1. The maximum atomic E-state index is 13.8. The minimum Gasteiger partial charge on any atom is -0.489 e. The third-order valence-corrected chi connectivity index (χ3v) is 5.51. The standard InChI is InChI=1S/C29H24FNO4/c30-26-9-5-4-8-24(26)19-35-25-14-13-22-16-21(10-12-23(22)18-25)17-27(29(33)34)31-28(32)15-11-20-6-2-1-3-7-20/h1-16,18,27H,17,19H2,(H,31,32)(H,33,34)/b15-11+. The summed E-state index contributed by atoms with van der Waals surface area (Å²) in [4.78, 5) is 24.0. The number of carbonyl (C=O) groups excluding carboxylic acids is 1. The average Bonchev–Trinajstić information content (AvgIpc) is 2.87. The molecule has 0 radical (unpaired) electrons. The molecular formula is C29H24FNO4. The van der Waals surface area contributed by atoms with Gasteiger partial charge in [0.05, 0.1) is 0 Å². The zero-order valence-electron chi connectivity index (χ0n) is 18.9. The first kappa shape index (κ1) is 23.7. The lowest BCUT2D eigenvalue weighted by Gasteiger charge is -2.14. The molecule has 35 heavy (non-hydrogen) atoms. The quantitative estimate of drug-likeness (QED) is 0.323. The zero-order valence-corrected chi connectivity index (χ0v) is 18.9. The van der Waals surface area contributed by atoms with Crippen LogP contribution in [0.5, 0.6) is 5.75 Å². The van der Waals surface area contributed by atoms with Crippen LogP contribution >= 0.6 is 0 Å². The number of fused-ring (bicyclic) bond motifs is 1. The van der Waals surface area contributed by atoms with Crippen LogP contribution in [-0.2, 0) is 22.6 Å². The van der Waals surface area contributed by atoms with Crippen molar-refractivity contribution >= 4 is 28.7 Å². The summed E-state index contributed by atoms with van der Waals surface area (Å²) in [5, 5.41) is 14.0. The molecule has 4 aromatic rings. The lowest BCUT2D eigenvalue weighted by molar-refractivity contribution is -0.141. The van der Waals surface area contributed by atoms with Crippen molar-refractivity contribution < 1.29 is 23.8 Å². The van der Waals surface area contributed by atoms with Crippen molar-refractivity contribution in [2.75, 3.05) is 0 Å². The fourth-order valence-corrected chi connectivity index (χ4v) is 3.66. The van der Waals surface area contributed by atoms with E-state index < -0.39 is 17.9 Å². The Morgan fingerprint density at radius 1 is 0.914 bits per heavy atom. The number of halogens is 1. The molecule has 0 aliphatic rings. The highest BCUT2D eigenvalue weighted by atomic mass is 19.1. The van der Waals surface area contributed by atoms with Crippen molar-refractivity contribution in [1.82, 2.24) is 5.32 Å². The Morgan fingerprint density at radius 3 is 2.40 bits per heavy atom. The maximum absolute atomic E-state index is 13.8. The van der Waals surface area contributed by atoms with E-state index in [1.54, 1.807) is 30.3 Å². The summed E-state index contributed by atoms with van der Waals surface area (Å²) in [6.45, 7) is 0.120. The summed E-state index contributed by atoms with van der Waals surface area (Å²) in [7, 11) is 0. The molecule has 4 rings (SSSR count). The number of aliphatic carboxylic acids is 1. The van der Waals surface area contributed by atoms with Gasteiger partial charge >= 0.3 is 5.97 Å². The van der Waals surface area contributed by atoms with E-state index in [1.165, 1.54) is 12.1 Å². The molecule has 4 aromatic carbocycles. The van der Waals surface area contributed by atoms with Crippen LogP contribution < -0.4 is 10.1 Å². The second-order valence-corrected chi connectivity index (χ2v) is 8.07. The van der Waals surface area contributed by atoms with Gasteiger partial charge < -0.3 is 15.2 Å². The molecule has 176 valence electrons. The van der Waals surface area contributed by atoms with Crippen LogP contribution in [0.15, 0.2) is 97.1 Å². The van der Waals surface area contributed by atoms with Crippen LogP contribution in [0.1, 0.15) is 16.7 Å². The molecule has 0 aromatic heterocycles. The first-order chi connectivity index (χ1) is 17.0. The van der Waals surface area contributed by atoms with Crippen molar-refractivity contribution in [2.45, 2.75) is 19.1 Å². The average molecular weight is 470 g/mol. The van der Waals surface area contributed by atoms with E-state index in [1.807, 2.05) is 60.7 Å². The third-order valence-electron chi connectivity index (χ3n) is 5.51. The van der Waals surface area contributed by atoms with Crippen LogP contribution in [-0.4, -0.2) is 23.0 Å². The molecule has 2 N–H and O–H groups in total. The lowest BCUT2D eigenvalue weighted by atomic mass is 10.0. The van der Waals surface area contributed by atoms with Crippen molar-refractivity contribution in [3.05, 3.63) is 120 Å². The normalized spacial score (nSPS) is 11.9. The largest absolute Gasteiger partial charge is 0.489 e. The van der Waals surface area contributed by atoms with Crippen LogP contribution in [0, 0.1) is 5.82 Å². The number of benzene rings is 4. The van der Waals surface area contributed by atoms with Gasteiger partial charge in [0.15, 0.2) is 0 Å². The first-order valence-corrected chi connectivity index (χ1v) is 11.1. The van der Waals surface area contributed by atoms with Gasteiger partial charge in [-0.3, -0.25) is 4.79 Å². The van der Waals surface area contributed by atoms with Gasteiger partial charge in [0.2, 0.25) is 5.91 Å². The van der Waals surface area contributed by atoms with Crippen molar-refractivity contribution in [3.8, 4) is 5.75 Å². The highest BCUT2D eigenvalue weighted by molar-refractivity contribution is 5.94. The Balaban J connectivity index is 1.41. The molecule has 1 unspecified atom stereocenters. The SMILES string of the molecule is O=C(/C=C/c1ccccc1)NC(Cc1ccc2cc(OCc3ccccc3F)ccc2c1)C(=O)O. The maximum Gasteiger partial charge on any atom is 0.326 e. The van der Waals surface area contributed by atoms with Crippen molar-refractivity contribution in [2.24, 2.45) is 0 Å². The first-order valence-electron chi connectivity index (χ1n) is 11.1. The van der Waals surface area contributed by atoms with Gasteiger partial charge in [0.25, 0.3) is 0 Å². The molecule has 0 spiro atoms. The van der Waals surface area contributed by atoms with Gasteiger partial charge in [-0.15, -0.1) is 0 Å². The fraction of sp³-hybridized carbons (Fsp3) is 0.103. The van der Waals surface area contributed by atoms with Crippen molar-refractivity contribution in [3.63, 3.8) is 0 Å². The Labute approximate surface area is 202 Å². The Morgan fingerprint density at radius 2 is 1.63 bits per heavy atom. The van der Waals surface area contributed by atoms with E-state index in [0.29, 0.717) is 11.3 Å². The smallest absolute Gasteiger partial charge is 0.326 e. The molecule has 0 saturated heterocycles. The molecule has 5 nitrogen and oxygen atoms in total. The van der Waals surface area contributed by atoms with Gasteiger partial charge in [-0.25, -0.2) is 9.18 Å². The van der Waals surface area contributed by atoms with Crippen LogP contribution in [0.4, 0.5) is 4.39 Å². The summed E-state index contributed by atoms with van der Waals surface area (Å²) < 4.78 is 19.5. The van der Waals surface area contributed by atoms with Crippen molar-refractivity contribution in [1.29, 1.82) is 0 Å². The number of nitrogens with one attached hydrogen (secondary N) is 1. The molecule has 0 heterocycles. The third kappa shape index (κ3) is 6.54. The van der Waals surface area contributed by atoms with E-state index in [0.717, 1.165) is 21.9 Å². The zero-order chi connectivity index (χ0) is 24.6. The summed E-state index contributed by atoms with van der Waals surface area (Å²) in [5.74, 6) is -1.29. The highest BCUT2D eigenvalue weighted by Gasteiger charge is 2.19. The van der Waals surface area contributed by atoms with Gasteiger partial charge in [0, 0.05) is 18.1 Å². The molecular weight excluding hydrogens is 445 g/mol. The van der Waals surface area contributed by atoms with Gasteiger partial charge in [-0.05, 0) is 46.2 Å². The molecule has 1 atom stereocenters. The van der Waals surface area contributed by atoms with Crippen LogP contribution in [0.2, 0.25) is 0 Å². The fourth-order valence-electron chi connectivity index (χ4n) is 3.66. The summed E-state index contributed by atoms with van der Waals surface area (Å²) in [5.41, 5.74) is 2.10. The molecule has 0 saturated carbocycles. The highest BCUT2D eigenvalue weighted by Crippen LogP contribution is 2.24. The molecule has 0 aliphatic heterocycles. The van der Waals surface area contributed by atoms with Gasteiger partial charge in [0.1, 0.15) is 24.2 Å². The van der Waals surface area contributed by atoms with Gasteiger partial charge in [-0.1, -0.05) is 72.8 Å². The second-order valence-electron chi connectivity index (χ2n) is 8.07. The number of ether oxygens (including phenoxy) is 1. The lowest BCUT2D eigenvalue weighted by Crippen LogP contribution is -2.41. The minimum atomic E-state index is -1.11. The number of rotatable bonds is 9. The predicted molar refractivity (Wildman–Crippen MR) is 133 cm³/mol. The van der Waals surface area contributed by atoms with E-state index in [9.17, 15) is 19.1 Å². The predicted octanol–water partition coefficient (Wildman–Crippen LogP) is 5.38. The molecule has 0 aliphatic carbocycles. The van der Waals surface area contributed by atoms with Crippen LogP contribution in [0.25, 0.3) is 16.8 Å². The van der Waals surface area contributed by atoms with E-state index in [-0.39, 0.29) is 18.8 Å². The van der Waals surface area contributed by atoms with Crippen LogP contribution in [0.3, 0.4) is 0 Å².